The summed E-state index contributed by atoms with van der Waals surface area (Å²) < 4.78 is 24.1. The van der Waals surface area contributed by atoms with Crippen LogP contribution in [0.1, 0.15) is 23.8 Å². The van der Waals surface area contributed by atoms with Crippen molar-refractivity contribution in [2.45, 2.75) is 19.3 Å². The number of nitrogens with zero attached hydrogens (tertiary/aromatic N) is 3. The van der Waals surface area contributed by atoms with Gasteiger partial charge in [0.2, 0.25) is 5.89 Å². The zero-order valence-electron chi connectivity index (χ0n) is 11.5. The summed E-state index contributed by atoms with van der Waals surface area (Å²) >= 11 is 0. The van der Waals surface area contributed by atoms with Crippen LogP contribution in [0.3, 0.4) is 0 Å². The number of aryl methyl sites for hydroxylation is 1. The van der Waals surface area contributed by atoms with Crippen LogP contribution in [0, 0.1) is 12.7 Å². The average Bonchev–Trinajstić information content (AvgIpc) is 3.07. The van der Waals surface area contributed by atoms with E-state index in [1.807, 2.05) is 11.0 Å². The van der Waals surface area contributed by atoms with Crippen molar-refractivity contribution in [2.24, 2.45) is 0 Å². The highest BCUT2D eigenvalue weighted by Gasteiger charge is 2.27. The predicted octanol–water partition coefficient (Wildman–Crippen LogP) is 2.52. The molecular weight excluding hydrogens is 261 g/mol. The maximum atomic E-state index is 13.7. The molecule has 2 heterocycles. The van der Waals surface area contributed by atoms with Gasteiger partial charge in [-0.3, -0.25) is 0 Å². The molecular formula is C14H16FN3O2. The molecule has 6 heteroatoms. The third-order valence-electron chi connectivity index (χ3n) is 3.62. The highest BCUT2D eigenvalue weighted by atomic mass is 19.1. The Labute approximate surface area is 116 Å². The largest absolute Gasteiger partial charge is 0.494 e. The molecule has 0 bridgehead atoms. The first kappa shape index (κ1) is 12.9. The molecule has 1 aromatic heterocycles. The Hall–Kier alpha value is -2.11. The predicted molar refractivity (Wildman–Crippen MR) is 71.6 cm³/mol. The normalized spacial score (nSPS) is 18.6. The van der Waals surface area contributed by atoms with Gasteiger partial charge in [-0.2, -0.15) is 0 Å². The van der Waals surface area contributed by atoms with Crippen LogP contribution in [-0.4, -0.2) is 30.4 Å². The van der Waals surface area contributed by atoms with E-state index in [1.165, 1.54) is 7.11 Å². The number of rotatable bonds is 3. The number of ether oxygens (including phenoxy) is 1. The minimum Gasteiger partial charge on any atom is -0.494 e. The van der Waals surface area contributed by atoms with Gasteiger partial charge in [-0.05, 0) is 24.1 Å². The lowest BCUT2D eigenvalue weighted by atomic mass is 9.98. The molecule has 0 saturated carbocycles. The zero-order valence-corrected chi connectivity index (χ0v) is 11.5. The van der Waals surface area contributed by atoms with Crippen molar-refractivity contribution in [3.63, 3.8) is 0 Å². The van der Waals surface area contributed by atoms with Gasteiger partial charge in [-0.1, -0.05) is 11.2 Å². The monoisotopic (exact) mass is 277 g/mol. The Balaban J connectivity index is 1.75. The minimum absolute atomic E-state index is 0.266. The Bertz CT molecular complexity index is 614. The number of aromatic nitrogens is 2. The molecule has 0 amide bonds. The first-order valence-electron chi connectivity index (χ1n) is 6.56. The summed E-state index contributed by atoms with van der Waals surface area (Å²) in [6, 6.07) is 5.67. The Morgan fingerprint density at radius 2 is 2.25 bits per heavy atom. The van der Waals surface area contributed by atoms with E-state index in [1.54, 1.807) is 19.1 Å². The van der Waals surface area contributed by atoms with E-state index in [0.29, 0.717) is 11.9 Å². The molecule has 0 spiro atoms. The van der Waals surface area contributed by atoms with E-state index in [0.717, 1.165) is 25.1 Å². The van der Waals surface area contributed by atoms with E-state index >= 15 is 0 Å². The van der Waals surface area contributed by atoms with E-state index in [9.17, 15) is 4.39 Å². The molecule has 1 aliphatic heterocycles. The third-order valence-corrected chi connectivity index (χ3v) is 3.62. The van der Waals surface area contributed by atoms with Crippen molar-refractivity contribution >= 4 is 6.01 Å². The number of benzene rings is 1. The summed E-state index contributed by atoms with van der Waals surface area (Å²) in [7, 11) is 1.47. The van der Waals surface area contributed by atoms with E-state index in [4.69, 9.17) is 9.15 Å². The van der Waals surface area contributed by atoms with E-state index in [-0.39, 0.29) is 17.5 Å². The number of anilines is 1. The van der Waals surface area contributed by atoms with Crippen LogP contribution in [0.2, 0.25) is 0 Å². The molecule has 20 heavy (non-hydrogen) atoms. The van der Waals surface area contributed by atoms with Crippen LogP contribution >= 0.6 is 0 Å². The van der Waals surface area contributed by atoms with Gasteiger partial charge in [0.1, 0.15) is 0 Å². The summed E-state index contributed by atoms with van der Waals surface area (Å²) in [6.45, 7) is 3.36. The lowest BCUT2D eigenvalue weighted by Gasteiger charge is -2.14. The molecule has 3 rings (SSSR count). The highest BCUT2D eigenvalue weighted by molar-refractivity contribution is 5.36. The summed E-state index contributed by atoms with van der Waals surface area (Å²) in [5.41, 5.74) is 0.974. The van der Waals surface area contributed by atoms with Crippen molar-refractivity contribution in [2.75, 3.05) is 25.1 Å². The van der Waals surface area contributed by atoms with E-state index in [2.05, 4.69) is 10.2 Å². The summed E-state index contributed by atoms with van der Waals surface area (Å²) in [6.07, 6.45) is 0.938. The van der Waals surface area contributed by atoms with Gasteiger partial charge in [0, 0.05) is 25.9 Å². The molecule has 0 radical (unpaired) electrons. The van der Waals surface area contributed by atoms with Crippen molar-refractivity contribution < 1.29 is 13.5 Å². The van der Waals surface area contributed by atoms with Crippen LogP contribution < -0.4 is 9.64 Å². The Morgan fingerprint density at radius 1 is 1.40 bits per heavy atom. The molecule has 0 N–H and O–H groups in total. The van der Waals surface area contributed by atoms with Crippen LogP contribution in [0.4, 0.5) is 10.4 Å². The number of halogens is 1. The van der Waals surface area contributed by atoms with Gasteiger partial charge in [0.15, 0.2) is 11.6 Å². The topological polar surface area (TPSA) is 51.4 Å². The smallest absolute Gasteiger partial charge is 0.318 e. The number of methoxy groups -OCH3 is 1. The number of hydrogen-bond donors (Lipinski definition) is 0. The summed E-state index contributed by atoms with van der Waals surface area (Å²) in [4.78, 5) is 2.03. The lowest BCUT2D eigenvalue weighted by molar-refractivity contribution is 0.386. The Morgan fingerprint density at radius 3 is 2.90 bits per heavy atom. The molecule has 5 nitrogen and oxygen atoms in total. The van der Waals surface area contributed by atoms with Crippen molar-refractivity contribution in [1.29, 1.82) is 0 Å². The fourth-order valence-corrected chi connectivity index (χ4v) is 2.56. The average molecular weight is 277 g/mol. The molecule has 1 fully saturated rings. The molecule has 1 saturated heterocycles. The molecule has 1 atom stereocenters. The highest BCUT2D eigenvalue weighted by Crippen LogP contribution is 2.32. The SMILES string of the molecule is COc1ccc(C2CCN(c3nnc(C)o3)C2)cc1F. The van der Waals surface area contributed by atoms with Crippen molar-refractivity contribution in [3.05, 3.63) is 35.5 Å². The first-order chi connectivity index (χ1) is 9.67. The Kier molecular flexibility index (Phi) is 3.30. The first-order valence-corrected chi connectivity index (χ1v) is 6.56. The summed E-state index contributed by atoms with van der Waals surface area (Å²) in [5, 5.41) is 7.85. The fourth-order valence-electron chi connectivity index (χ4n) is 2.56. The van der Waals surface area contributed by atoms with Crippen molar-refractivity contribution in [1.82, 2.24) is 10.2 Å². The molecule has 106 valence electrons. The maximum Gasteiger partial charge on any atom is 0.318 e. The van der Waals surface area contributed by atoms with Crippen LogP contribution in [-0.2, 0) is 0 Å². The second-order valence-corrected chi connectivity index (χ2v) is 4.93. The maximum absolute atomic E-state index is 13.7. The zero-order chi connectivity index (χ0) is 14.1. The molecule has 1 aromatic carbocycles. The second-order valence-electron chi connectivity index (χ2n) is 4.93. The molecule has 0 aliphatic carbocycles. The molecule has 1 unspecified atom stereocenters. The van der Waals surface area contributed by atoms with Gasteiger partial charge in [0.05, 0.1) is 7.11 Å². The van der Waals surface area contributed by atoms with Crippen molar-refractivity contribution in [3.8, 4) is 5.75 Å². The van der Waals surface area contributed by atoms with Crippen LogP contribution in [0.15, 0.2) is 22.6 Å². The van der Waals surface area contributed by atoms with Gasteiger partial charge in [-0.15, -0.1) is 5.10 Å². The fraction of sp³-hybridized carbons (Fsp3) is 0.429. The minimum atomic E-state index is -0.322. The van der Waals surface area contributed by atoms with Crippen LogP contribution in [0.5, 0.6) is 5.75 Å². The van der Waals surface area contributed by atoms with Gasteiger partial charge < -0.3 is 14.1 Å². The van der Waals surface area contributed by atoms with Gasteiger partial charge >= 0.3 is 6.01 Å². The van der Waals surface area contributed by atoms with Gasteiger partial charge in [-0.25, -0.2) is 4.39 Å². The van der Waals surface area contributed by atoms with E-state index < -0.39 is 0 Å². The summed E-state index contributed by atoms with van der Waals surface area (Å²) in [5.74, 6) is 0.773. The molecule has 2 aromatic rings. The third kappa shape index (κ3) is 2.33. The lowest BCUT2D eigenvalue weighted by Crippen LogP contribution is -2.19. The van der Waals surface area contributed by atoms with Gasteiger partial charge in [0.25, 0.3) is 0 Å². The van der Waals surface area contributed by atoms with Crippen LogP contribution in [0.25, 0.3) is 0 Å². The number of hydrogen-bond acceptors (Lipinski definition) is 5. The standard InChI is InChI=1S/C14H16FN3O2/c1-9-16-17-14(20-9)18-6-5-11(8-18)10-3-4-13(19-2)12(15)7-10/h3-4,7,11H,5-6,8H2,1-2H3. The quantitative estimate of drug-likeness (QED) is 0.863. The second kappa shape index (κ2) is 5.11. The molecule has 1 aliphatic rings.